The molecule has 6 heteroatoms. The van der Waals surface area contributed by atoms with Crippen molar-refractivity contribution in [3.63, 3.8) is 0 Å². The van der Waals surface area contributed by atoms with Crippen LogP contribution >= 0.6 is 27.3 Å². The molecule has 2 aromatic rings. The summed E-state index contributed by atoms with van der Waals surface area (Å²) in [7, 11) is 0. The van der Waals surface area contributed by atoms with Crippen molar-refractivity contribution in [1.29, 1.82) is 0 Å². The number of aryl methyl sites for hydroxylation is 1. The van der Waals surface area contributed by atoms with E-state index >= 15 is 0 Å². The molecule has 2 heterocycles. The lowest BCUT2D eigenvalue weighted by molar-refractivity contribution is -0.137. The second-order valence-electron chi connectivity index (χ2n) is 3.38. The fraction of sp³-hybridized carbons (Fsp3) is 0.182. The lowest BCUT2D eigenvalue weighted by Crippen LogP contribution is -2.01. The molecule has 2 aromatic heterocycles. The lowest BCUT2D eigenvalue weighted by atomic mass is 10.3. The number of hydrogen-bond donors (Lipinski definition) is 1. The second-order valence-corrected chi connectivity index (χ2v) is 5.21. The van der Waals surface area contributed by atoms with E-state index in [1.807, 2.05) is 17.5 Å². The van der Waals surface area contributed by atoms with E-state index in [0.717, 1.165) is 15.0 Å². The SMILES string of the molecule is O=C(O)CCc1nccc(-c2cc(Br)cs2)n1. The Morgan fingerprint density at radius 3 is 3.00 bits per heavy atom. The molecule has 0 saturated heterocycles. The quantitative estimate of drug-likeness (QED) is 0.942. The van der Waals surface area contributed by atoms with Gasteiger partial charge in [-0.05, 0) is 28.1 Å². The molecule has 1 N–H and O–H groups in total. The Labute approximate surface area is 110 Å². The summed E-state index contributed by atoms with van der Waals surface area (Å²) in [5.41, 5.74) is 0.830. The van der Waals surface area contributed by atoms with Crippen molar-refractivity contribution < 1.29 is 9.90 Å². The molecule has 0 bridgehead atoms. The lowest BCUT2D eigenvalue weighted by Gasteiger charge is -2.00. The summed E-state index contributed by atoms with van der Waals surface area (Å²) in [6.45, 7) is 0. The molecule has 0 fully saturated rings. The number of halogens is 1. The van der Waals surface area contributed by atoms with Crippen LogP contribution in [0, 0.1) is 0 Å². The highest BCUT2D eigenvalue weighted by atomic mass is 79.9. The van der Waals surface area contributed by atoms with E-state index in [9.17, 15) is 4.79 Å². The maximum Gasteiger partial charge on any atom is 0.303 e. The molecule has 0 aromatic carbocycles. The number of nitrogens with zero attached hydrogens (tertiary/aromatic N) is 2. The van der Waals surface area contributed by atoms with Crippen LogP contribution in [0.25, 0.3) is 10.6 Å². The number of rotatable bonds is 4. The zero-order valence-electron chi connectivity index (χ0n) is 8.76. The van der Waals surface area contributed by atoms with Gasteiger partial charge >= 0.3 is 5.97 Å². The van der Waals surface area contributed by atoms with Gasteiger partial charge in [0.1, 0.15) is 5.82 Å². The van der Waals surface area contributed by atoms with Gasteiger partial charge in [0.05, 0.1) is 17.0 Å². The van der Waals surface area contributed by atoms with Crippen LogP contribution in [0.1, 0.15) is 12.2 Å². The van der Waals surface area contributed by atoms with Crippen molar-refractivity contribution in [2.24, 2.45) is 0 Å². The first-order valence-electron chi connectivity index (χ1n) is 4.93. The van der Waals surface area contributed by atoms with Gasteiger partial charge in [-0.15, -0.1) is 11.3 Å². The molecule has 0 saturated carbocycles. The van der Waals surface area contributed by atoms with E-state index in [-0.39, 0.29) is 6.42 Å². The molecule has 0 aliphatic rings. The first kappa shape index (κ1) is 12.2. The van der Waals surface area contributed by atoms with E-state index in [4.69, 9.17) is 5.11 Å². The maximum absolute atomic E-state index is 10.5. The summed E-state index contributed by atoms with van der Waals surface area (Å²) in [5.74, 6) is -0.271. The fourth-order valence-electron chi connectivity index (χ4n) is 1.32. The molecule has 88 valence electrons. The molecule has 0 radical (unpaired) electrons. The molecule has 0 atom stereocenters. The third-order valence-corrected chi connectivity index (χ3v) is 3.80. The molecule has 0 unspecified atom stereocenters. The minimum Gasteiger partial charge on any atom is -0.481 e. The smallest absolute Gasteiger partial charge is 0.303 e. The van der Waals surface area contributed by atoms with Crippen molar-refractivity contribution in [3.8, 4) is 10.6 Å². The van der Waals surface area contributed by atoms with Gasteiger partial charge in [0, 0.05) is 22.5 Å². The van der Waals surface area contributed by atoms with E-state index < -0.39 is 5.97 Å². The summed E-state index contributed by atoms with van der Waals surface area (Å²) in [6.07, 6.45) is 2.07. The monoisotopic (exact) mass is 312 g/mol. The minimum atomic E-state index is -0.835. The predicted molar refractivity (Wildman–Crippen MR) is 69.0 cm³/mol. The molecular weight excluding hydrogens is 304 g/mol. The van der Waals surface area contributed by atoms with Crippen LogP contribution in [0.2, 0.25) is 0 Å². The molecule has 2 rings (SSSR count). The van der Waals surface area contributed by atoms with E-state index in [1.165, 1.54) is 0 Å². The largest absolute Gasteiger partial charge is 0.481 e. The van der Waals surface area contributed by atoms with Gasteiger partial charge in [0.15, 0.2) is 0 Å². The topological polar surface area (TPSA) is 63.1 Å². The normalized spacial score (nSPS) is 10.4. The Kier molecular flexibility index (Phi) is 3.86. The van der Waals surface area contributed by atoms with E-state index in [1.54, 1.807) is 17.5 Å². The van der Waals surface area contributed by atoms with Gasteiger partial charge < -0.3 is 5.11 Å². The molecule has 0 aliphatic carbocycles. The van der Waals surface area contributed by atoms with Crippen molar-refractivity contribution in [2.45, 2.75) is 12.8 Å². The molecular formula is C11H9BrN2O2S. The highest BCUT2D eigenvalue weighted by Gasteiger charge is 2.06. The highest BCUT2D eigenvalue weighted by molar-refractivity contribution is 9.10. The second kappa shape index (κ2) is 5.37. The zero-order valence-corrected chi connectivity index (χ0v) is 11.2. The average molecular weight is 313 g/mol. The van der Waals surface area contributed by atoms with Crippen molar-refractivity contribution in [2.75, 3.05) is 0 Å². The minimum absolute atomic E-state index is 0.0532. The zero-order chi connectivity index (χ0) is 12.3. The molecule has 0 aliphatic heterocycles. The molecule has 17 heavy (non-hydrogen) atoms. The third kappa shape index (κ3) is 3.34. The first-order valence-corrected chi connectivity index (χ1v) is 6.60. The maximum atomic E-state index is 10.5. The summed E-state index contributed by atoms with van der Waals surface area (Å²) < 4.78 is 1.02. The van der Waals surface area contributed by atoms with Gasteiger partial charge in [-0.2, -0.15) is 0 Å². The summed E-state index contributed by atoms with van der Waals surface area (Å²) in [6, 6.07) is 3.80. The Balaban J connectivity index is 2.19. The average Bonchev–Trinajstić information content (AvgIpc) is 2.74. The number of hydrogen-bond acceptors (Lipinski definition) is 4. The molecule has 0 spiro atoms. The summed E-state index contributed by atoms with van der Waals surface area (Å²) in [4.78, 5) is 19.9. The number of carboxylic acid groups (broad SMARTS) is 1. The molecule has 4 nitrogen and oxygen atoms in total. The number of aliphatic carboxylic acids is 1. The van der Waals surface area contributed by atoms with Gasteiger partial charge in [0.25, 0.3) is 0 Å². The Hall–Kier alpha value is -1.27. The molecule has 0 amide bonds. The fourth-order valence-corrected chi connectivity index (χ4v) is 2.72. The number of aromatic nitrogens is 2. The Morgan fingerprint density at radius 1 is 1.53 bits per heavy atom. The van der Waals surface area contributed by atoms with Gasteiger partial charge in [0.2, 0.25) is 0 Å². The number of carboxylic acids is 1. The van der Waals surface area contributed by atoms with Gasteiger partial charge in [-0.1, -0.05) is 0 Å². The van der Waals surface area contributed by atoms with Crippen molar-refractivity contribution in [1.82, 2.24) is 9.97 Å². The van der Waals surface area contributed by atoms with E-state index in [0.29, 0.717) is 12.2 Å². The van der Waals surface area contributed by atoms with Gasteiger partial charge in [-0.25, -0.2) is 9.97 Å². The van der Waals surface area contributed by atoms with Crippen LogP contribution in [-0.2, 0) is 11.2 Å². The highest BCUT2D eigenvalue weighted by Crippen LogP contribution is 2.28. The predicted octanol–water partition coefficient (Wildman–Crippen LogP) is 2.98. The first-order chi connectivity index (χ1) is 8.15. The van der Waals surface area contributed by atoms with Gasteiger partial charge in [-0.3, -0.25) is 4.79 Å². The summed E-state index contributed by atoms with van der Waals surface area (Å²) >= 11 is 4.97. The summed E-state index contributed by atoms with van der Waals surface area (Å²) in [5, 5.41) is 10.6. The van der Waals surface area contributed by atoms with Crippen LogP contribution in [0.4, 0.5) is 0 Å². The van der Waals surface area contributed by atoms with E-state index in [2.05, 4.69) is 25.9 Å². The van der Waals surface area contributed by atoms with Crippen molar-refractivity contribution >= 4 is 33.2 Å². The van der Waals surface area contributed by atoms with Crippen molar-refractivity contribution in [3.05, 3.63) is 34.0 Å². The van der Waals surface area contributed by atoms with Crippen LogP contribution in [0.15, 0.2) is 28.2 Å². The van der Waals surface area contributed by atoms with Crippen LogP contribution in [0.5, 0.6) is 0 Å². The number of thiophene rings is 1. The van der Waals surface area contributed by atoms with Crippen LogP contribution < -0.4 is 0 Å². The Bertz CT molecular complexity index is 542. The van der Waals surface area contributed by atoms with Crippen LogP contribution in [0.3, 0.4) is 0 Å². The standard InChI is InChI=1S/C11H9BrN2O2S/c12-7-5-9(17-6-7)8-3-4-13-10(14-8)1-2-11(15)16/h3-6H,1-2H2,(H,15,16). The third-order valence-electron chi connectivity index (χ3n) is 2.09. The Morgan fingerprint density at radius 2 is 2.35 bits per heavy atom. The van der Waals surface area contributed by atoms with Crippen LogP contribution in [-0.4, -0.2) is 21.0 Å². The number of carbonyl (C=O) groups is 1.